The molecule has 6 atom stereocenters. The van der Waals surface area contributed by atoms with Gasteiger partial charge in [0.1, 0.15) is 19.3 Å². The molecule has 0 aliphatic carbocycles. The first-order valence-electron chi connectivity index (χ1n) is 37.5. The van der Waals surface area contributed by atoms with Crippen molar-refractivity contribution in [3.05, 3.63) is 0 Å². The highest BCUT2D eigenvalue weighted by atomic mass is 31.2. The first-order chi connectivity index (χ1) is 43.9. The molecule has 0 spiro atoms. The van der Waals surface area contributed by atoms with Crippen LogP contribution in [0.2, 0.25) is 0 Å². The molecule has 0 aromatic carbocycles. The number of aliphatic hydroxyl groups excluding tert-OH is 1. The summed E-state index contributed by atoms with van der Waals surface area (Å²) < 4.78 is 68.4. The molecule has 0 fully saturated rings. The fourth-order valence-corrected chi connectivity index (χ4v) is 12.5. The molecule has 540 valence electrons. The summed E-state index contributed by atoms with van der Waals surface area (Å²) in [5.41, 5.74) is 0. The van der Waals surface area contributed by atoms with Crippen LogP contribution < -0.4 is 0 Å². The number of phosphoric acid groups is 2. The van der Waals surface area contributed by atoms with Crippen LogP contribution in [0.25, 0.3) is 0 Å². The van der Waals surface area contributed by atoms with Gasteiger partial charge in [0, 0.05) is 25.7 Å². The van der Waals surface area contributed by atoms with Gasteiger partial charge in [-0.2, -0.15) is 0 Å². The summed E-state index contributed by atoms with van der Waals surface area (Å²) in [6.07, 6.45) is 49.8. The lowest BCUT2D eigenvalue weighted by Gasteiger charge is -2.21. The van der Waals surface area contributed by atoms with E-state index < -0.39 is 97.5 Å². The zero-order valence-corrected chi connectivity index (χ0v) is 60.9. The number of rotatable bonds is 71. The predicted molar refractivity (Wildman–Crippen MR) is 368 cm³/mol. The van der Waals surface area contributed by atoms with Crippen LogP contribution in [-0.2, 0) is 65.4 Å². The zero-order chi connectivity index (χ0) is 67.2. The van der Waals surface area contributed by atoms with Crippen molar-refractivity contribution in [2.24, 2.45) is 11.8 Å². The van der Waals surface area contributed by atoms with Gasteiger partial charge in [0.15, 0.2) is 12.2 Å². The number of ether oxygens (including phenoxy) is 4. The Labute approximate surface area is 556 Å². The van der Waals surface area contributed by atoms with Gasteiger partial charge >= 0.3 is 39.5 Å². The van der Waals surface area contributed by atoms with Gasteiger partial charge in [0.25, 0.3) is 0 Å². The number of hydrogen-bond donors (Lipinski definition) is 3. The van der Waals surface area contributed by atoms with Crippen molar-refractivity contribution in [1.29, 1.82) is 0 Å². The topological polar surface area (TPSA) is 237 Å². The standard InChI is InChI=1S/C72H140O17P2/c1-7-10-12-14-16-18-20-22-23-24-26-32-38-45-51-57-72(77)88-67(60-82-69(74)54-48-42-36-30-28-27-29-35-41-47-53-65(6)9-3)62-86-90(78,79)84-58-66(73)59-85-91(80,81)87-63-68(61-83-70(75)55-49-43-39-33-34-40-46-52-64(4)5)89-71(76)56-50-44-37-31-25-21-19-17-15-13-11-8-2/h64-68,73H,7-63H2,1-6H3,(H,78,79)(H,80,81)/t65?,66-,67-,68-/m1/s1. The Morgan fingerprint density at radius 3 is 0.835 bits per heavy atom. The number of aliphatic hydroxyl groups is 1. The number of carbonyl (C=O) groups is 4. The van der Waals surface area contributed by atoms with Crippen LogP contribution in [0.1, 0.15) is 369 Å². The third-order valence-corrected chi connectivity index (χ3v) is 19.0. The Morgan fingerprint density at radius 1 is 0.319 bits per heavy atom. The molecule has 0 saturated carbocycles. The van der Waals surface area contributed by atoms with Gasteiger partial charge in [0.2, 0.25) is 0 Å². The highest BCUT2D eigenvalue weighted by molar-refractivity contribution is 7.47. The number of hydrogen-bond acceptors (Lipinski definition) is 15. The van der Waals surface area contributed by atoms with Gasteiger partial charge in [0.05, 0.1) is 26.4 Å². The maximum atomic E-state index is 13.0. The van der Waals surface area contributed by atoms with Gasteiger partial charge < -0.3 is 33.8 Å². The monoisotopic (exact) mass is 1340 g/mol. The summed E-state index contributed by atoms with van der Waals surface area (Å²) in [7, 11) is -9.90. The first-order valence-corrected chi connectivity index (χ1v) is 40.5. The van der Waals surface area contributed by atoms with Crippen molar-refractivity contribution in [3.63, 3.8) is 0 Å². The summed E-state index contributed by atoms with van der Waals surface area (Å²) in [4.78, 5) is 72.6. The molecule has 0 saturated heterocycles. The third-order valence-electron chi connectivity index (χ3n) is 17.1. The molecular weight excluding hydrogens is 1200 g/mol. The zero-order valence-electron chi connectivity index (χ0n) is 59.1. The Kier molecular flexibility index (Phi) is 62.7. The molecular formula is C72H140O17P2. The van der Waals surface area contributed by atoms with E-state index in [9.17, 15) is 43.2 Å². The van der Waals surface area contributed by atoms with E-state index in [1.165, 1.54) is 180 Å². The quantitative estimate of drug-likeness (QED) is 0.0222. The van der Waals surface area contributed by atoms with Crippen LogP contribution in [0.4, 0.5) is 0 Å². The Morgan fingerprint density at radius 2 is 0.560 bits per heavy atom. The lowest BCUT2D eigenvalue weighted by molar-refractivity contribution is -0.161. The predicted octanol–water partition coefficient (Wildman–Crippen LogP) is 20.8. The lowest BCUT2D eigenvalue weighted by atomic mass is 9.99. The molecule has 3 unspecified atom stereocenters. The Bertz CT molecular complexity index is 1770. The highest BCUT2D eigenvalue weighted by Gasteiger charge is 2.30. The number of esters is 4. The highest BCUT2D eigenvalue weighted by Crippen LogP contribution is 2.45. The van der Waals surface area contributed by atoms with Gasteiger partial charge in [-0.25, -0.2) is 9.13 Å². The second-order valence-electron chi connectivity index (χ2n) is 26.7. The van der Waals surface area contributed by atoms with Crippen molar-refractivity contribution in [2.45, 2.75) is 387 Å². The minimum atomic E-state index is -4.95. The van der Waals surface area contributed by atoms with E-state index in [2.05, 4.69) is 41.5 Å². The summed E-state index contributed by atoms with van der Waals surface area (Å²) in [6, 6.07) is 0. The summed E-state index contributed by atoms with van der Waals surface area (Å²) in [6.45, 7) is 9.54. The second-order valence-corrected chi connectivity index (χ2v) is 29.6. The third kappa shape index (κ3) is 65.1. The fourth-order valence-electron chi connectivity index (χ4n) is 10.9. The van der Waals surface area contributed by atoms with Crippen LogP contribution in [-0.4, -0.2) is 96.7 Å². The smallest absolute Gasteiger partial charge is 0.462 e. The van der Waals surface area contributed by atoms with E-state index in [-0.39, 0.29) is 25.7 Å². The molecule has 0 aliphatic heterocycles. The SMILES string of the molecule is CCCCCCCCCCCCCCCCCC(=O)O[C@H](COC(=O)CCCCCCCCCCCCC(C)CC)COP(=O)(O)OC[C@@H](O)COP(=O)(O)OC[C@@H](COC(=O)CCCCCCCCCC(C)C)OC(=O)CCCCCCCCCCCCCC. The number of unbranched alkanes of at least 4 members (excludes halogenated alkanes) is 40. The minimum Gasteiger partial charge on any atom is -0.462 e. The normalized spacial score (nSPS) is 14.4. The van der Waals surface area contributed by atoms with Crippen molar-refractivity contribution in [2.75, 3.05) is 39.6 Å². The van der Waals surface area contributed by atoms with Crippen LogP contribution in [0.15, 0.2) is 0 Å². The van der Waals surface area contributed by atoms with Gasteiger partial charge in [-0.1, -0.05) is 318 Å². The molecule has 19 heteroatoms. The van der Waals surface area contributed by atoms with Crippen molar-refractivity contribution in [1.82, 2.24) is 0 Å². The van der Waals surface area contributed by atoms with Crippen LogP contribution >= 0.6 is 15.6 Å². The van der Waals surface area contributed by atoms with Crippen molar-refractivity contribution < 1.29 is 80.2 Å². The van der Waals surface area contributed by atoms with Gasteiger partial charge in [-0.05, 0) is 37.5 Å². The van der Waals surface area contributed by atoms with E-state index in [4.69, 9.17) is 37.0 Å². The van der Waals surface area contributed by atoms with E-state index in [0.29, 0.717) is 31.6 Å². The average Bonchev–Trinajstić information content (AvgIpc) is 3.68. The van der Waals surface area contributed by atoms with Crippen molar-refractivity contribution in [3.8, 4) is 0 Å². The maximum Gasteiger partial charge on any atom is 0.472 e. The molecule has 3 N–H and O–H groups in total. The molecule has 0 aliphatic rings. The lowest BCUT2D eigenvalue weighted by Crippen LogP contribution is -2.30. The van der Waals surface area contributed by atoms with E-state index in [1.807, 2.05) is 0 Å². The Hall–Kier alpha value is -1.94. The summed E-state index contributed by atoms with van der Waals surface area (Å²) >= 11 is 0. The van der Waals surface area contributed by atoms with E-state index >= 15 is 0 Å². The molecule has 0 amide bonds. The molecule has 0 aromatic heterocycles. The molecule has 17 nitrogen and oxygen atoms in total. The Balaban J connectivity index is 5.26. The molecule has 0 aromatic rings. The summed E-state index contributed by atoms with van der Waals surface area (Å²) in [5, 5.41) is 10.6. The average molecular weight is 1340 g/mol. The van der Waals surface area contributed by atoms with Gasteiger partial charge in [-0.15, -0.1) is 0 Å². The number of carbonyl (C=O) groups excluding carboxylic acids is 4. The molecule has 0 rings (SSSR count). The second kappa shape index (κ2) is 64.1. The largest absolute Gasteiger partial charge is 0.472 e. The van der Waals surface area contributed by atoms with Crippen LogP contribution in [0.3, 0.4) is 0 Å². The first kappa shape index (κ1) is 89.1. The maximum absolute atomic E-state index is 13.0. The van der Waals surface area contributed by atoms with Gasteiger partial charge in [-0.3, -0.25) is 37.3 Å². The summed E-state index contributed by atoms with van der Waals surface area (Å²) in [5.74, 6) is -0.605. The molecule has 0 heterocycles. The molecule has 91 heavy (non-hydrogen) atoms. The molecule has 0 bridgehead atoms. The van der Waals surface area contributed by atoms with Crippen molar-refractivity contribution >= 4 is 39.5 Å². The number of phosphoric ester groups is 2. The molecule has 0 radical (unpaired) electrons. The fraction of sp³-hybridized carbons (Fsp3) is 0.944. The van der Waals surface area contributed by atoms with E-state index in [1.54, 1.807) is 0 Å². The van der Waals surface area contributed by atoms with Crippen LogP contribution in [0, 0.1) is 11.8 Å². The minimum absolute atomic E-state index is 0.107. The van der Waals surface area contributed by atoms with Crippen LogP contribution in [0.5, 0.6) is 0 Å². The van der Waals surface area contributed by atoms with E-state index in [0.717, 1.165) is 102 Å².